The number of carbonyl (C=O) groups is 1. The second-order valence-electron chi connectivity index (χ2n) is 9.64. The van der Waals surface area contributed by atoms with Crippen LogP contribution >= 0.6 is 0 Å². The average Bonchev–Trinajstić information content (AvgIpc) is 2.58. The quantitative estimate of drug-likeness (QED) is 0.562. The standard InChI is InChI=1S/C20H30O/c1-13-11-20-9-6-16-18(2,3)7-5-8-19(16,4)17(20)15(21)10-14(13)12-20/h14,16-17H,1,5-12H2,2-4H3/t14-,16-,17+,19+,20-/m1/s1. The molecule has 4 fully saturated rings. The van der Waals surface area contributed by atoms with E-state index in [9.17, 15) is 4.79 Å². The van der Waals surface area contributed by atoms with Gasteiger partial charge in [-0.3, -0.25) is 4.79 Å². The van der Waals surface area contributed by atoms with Gasteiger partial charge in [0.15, 0.2) is 0 Å². The fraction of sp³-hybridized carbons (Fsp3) is 0.850. The Balaban J connectivity index is 1.80. The lowest BCUT2D eigenvalue weighted by atomic mass is 9.41. The molecule has 0 saturated heterocycles. The lowest BCUT2D eigenvalue weighted by Crippen LogP contribution is -2.58. The minimum Gasteiger partial charge on any atom is -0.299 e. The summed E-state index contributed by atoms with van der Waals surface area (Å²) in [7, 11) is 0. The molecule has 21 heavy (non-hydrogen) atoms. The van der Waals surface area contributed by atoms with Crippen molar-refractivity contribution in [3.8, 4) is 0 Å². The van der Waals surface area contributed by atoms with Crippen LogP contribution in [0.5, 0.6) is 0 Å². The summed E-state index contributed by atoms with van der Waals surface area (Å²) in [4.78, 5) is 13.1. The monoisotopic (exact) mass is 286 g/mol. The SMILES string of the molecule is C=C1C[C@@]23CC[C@@H]4C(C)(C)CCC[C@]4(C)[C@@H]2C(=O)C[C@@H]1C3. The predicted octanol–water partition coefficient (Wildman–Crippen LogP) is 5.15. The summed E-state index contributed by atoms with van der Waals surface area (Å²) in [6.07, 6.45) is 9.77. The molecule has 0 N–H and O–H groups in total. The first-order chi connectivity index (χ1) is 9.79. The van der Waals surface area contributed by atoms with E-state index < -0.39 is 0 Å². The van der Waals surface area contributed by atoms with Crippen LogP contribution in [0.3, 0.4) is 0 Å². The van der Waals surface area contributed by atoms with Gasteiger partial charge in [-0.2, -0.15) is 0 Å². The highest BCUT2D eigenvalue weighted by molar-refractivity contribution is 5.85. The highest BCUT2D eigenvalue weighted by atomic mass is 16.1. The third kappa shape index (κ3) is 1.67. The molecule has 4 rings (SSSR count). The Morgan fingerprint density at radius 2 is 1.90 bits per heavy atom. The van der Waals surface area contributed by atoms with E-state index in [-0.39, 0.29) is 5.41 Å². The normalized spacial score (nSPS) is 51.5. The fourth-order valence-electron chi connectivity index (χ4n) is 7.51. The van der Waals surface area contributed by atoms with Crippen molar-refractivity contribution in [1.82, 2.24) is 0 Å². The maximum Gasteiger partial charge on any atom is 0.137 e. The summed E-state index contributed by atoms with van der Waals surface area (Å²) < 4.78 is 0. The van der Waals surface area contributed by atoms with Gasteiger partial charge in [0.2, 0.25) is 0 Å². The minimum atomic E-state index is 0.257. The second-order valence-corrected chi connectivity index (χ2v) is 9.64. The van der Waals surface area contributed by atoms with Crippen LogP contribution in [-0.2, 0) is 4.79 Å². The number of ketones is 1. The number of Topliss-reactive ketones (excluding diaryl/α,β-unsaturated/α-hetero) is 1. The number of rotatable bonds is 0. The van der Waals surface area contributed by atoms with Crippen molar-refractivity contribution >= 4 is 5.78 Å². The highest BCUT2D eigenvalue weighted by Crippen LogP contribution is 2.71. The summed E-state index contributed by atoms with van der Waals surface area (Å²) in [6, 6.07) is 0. The Morgan fingerprint density at radius 1 is 1.14 bits per heavy atom. The first-order valence-electron chi connectivity index (χ1n) is 8.99. The molecule has 0 aliphatic heterocycles. The predicted molar refractivity (Wildman–Crippen MR) is 85.9 cm³/mol. The molecule has 0 amide bonds. The molecule has 0 aromatic carbocycles. The molecule has 1 nitrogen and oxygen atoms in total. The maximum atomic E-state index is 13.1. The van der Waals surface area contributed by atoms with E-state index in [0.717, 1.165) is 18.8 Å². The van der Waals surface area contributed by atoms with E-state index >= 15 is 0 Å². The molecule has 5 atom stereocenters. The molecule has 2 bridgehead atoms. The van der Waals surface area contributed by atoms with Crippen molar-refractivity contribution in [2.45, 2.75) is 72.1 Å². The third-order valence-electron chi connectivity index (χ3n) is 8.06. The summed E-state index contributed by atoms with van der Waals surface area (Å²) in [6.45, 7) is 11.7. The molecule has 4 aliphatic rings. The average molecular weight is 286 g/mol. The van der Waals surface area contributed by atoms with Crippen LogP contribution < -0.4 is 0 Å². The van der Waals surface area contributed by atoms with Gasteiger partial charge in [0.25, 0.3) is 0 Å². The van der Waals surface area contributed by atoms with E-state index in [1.165, 1.54) is 44.1 Å². The van der Waals surface area contributed by atoms with Crippen molar-refractivity contribution in [1.29, 1.82) is 0 Å². The third-order valence-corrected chi connectivity index (χ3v) is 8.06. The number of hydrogen-bond donors (Lipinski definition) is 0. The Morgan fingerprint density at radius 3 is 2.67 bits per heavy atom. The lowest BCUT2D eigenvalue weighted by molar-refractivity contribution is -0.166. The van der Waals surface area contributed by atoms with Crippen molar-refractivity contribution < 1.29 is 4.79 Å². The first kappa shape index (κ1) is 14.0. The van der Waals surface area contributed by atoms with Gasteiger partial charge in [-0.25, -0.2) is 0 Å². The molecule has 0 unspecified atom stereocenters. The van der Waals surface area contributed by atoms with Gasteiger partial charge in [0.05, 0.1) is 0 Å². The van der Waals surface area contributed by atoms with Crippen LogP contribution in [0, 0.1) is 34.0 Å². The highest BCUT2D eigenvalue weighted by Gasteiger charge is 2.65. The van der Waals surface area contributed by atoms with E-state index in [4.69, 9.17) is 0 Å². The zero-order chi connectivity index (χ0) is 15.0. The van der Waals surface area contributed by atoms with Crippen molar-refractivity contribution in [3.63, 3.8) is 0 Å². The van der Waals surface area contributed by atoms with E-state index in [1.807, 2.05) is 0 Å². The lowest BCUT2D eigenvalue weighted by Gasteiger charge is -2.63. The van der Waals surface area contributed by atoms with Gasteiger partial charge >= 0.3 is 0 Å². The molecule has 4 saturated carbocycles. The summed E-state index contributed by atoms with van der Waals surface area (Å²) in [5.74, 6) is 2.18. The van der Waals surface area contributed by atoms with Gasteiger partial charge in [-0.15, -0.1) is 0 Å². The number of hydrogen-bond acceptors (Lipinski definition) is 1. The summed E-state index contributed by atoms with van der Waals surface area (Å²) in [5, 5.41) is 0. The molecule has 116 valence electrons. The topological polar surface area (TPSA) is 17.1 Å². The van der Waals surface area contributed by atoms with E-state index in [0.29, 0.717) is 28.4 Å². The smallest absolute Gasteiger partial charge is 0.137 e. The molecule has 1 spiro atoms. The fourth-order valence-corrected chi connectivity index (χ4v) is 7.51. The largest absolute Gasteiger partial charge is 0.299 e. The number of fused-ring (bicyclic) bond motifs is 3. The summed E-state index contributed by atoms with van der Waals surface area (Å²) in [5.41, 5.74) is 2.37. The number of carbonyl (C=O) groups excluding carboxylic acids is 1. The number of allylic oxidation sites excluding steroid dienone is 1. The summed E-state index contributed by atoms with van der Waals surface area (Å²) >= 11 is 0. The zero-order valence-electron chi connectivity index (χ0n) is 14.0. The second kappa shape index (κ2) is 4.03. The van der Waals surface area contributed by atoms with Crippen LogP contribution in [0.15, 0.2) is 12.2 Å². The van der Waals surface area contributed by atoms with Gasteiger partial charge in [-0.1, -0.05) is 39.3 Å². The molecule has 1 heteroatoms. The van der Waals surface area contributed by atoms with Gasteiger partial charge in [0.1, 0.15) is 5.78 Å². The molecular formula is C20H30O. The molecule has 0 aromatic rings. The molecule has 0 aromatic heterocycles. The van der Waals surface area contributed by atoms with Crippen LogP contribution in [0.1, 0.15) is 72.1 Å². The Kier molecular flexibility index (Phi) is 2.69. The molecule has 0 heterocycles. The van der Waals surface area contributed by atoms with Gasteiger partial charge in [-0.05, 0) is 66.6 Å². The van der Waals surface area contributed by atoms with E-state index in [1.54, 1.807) is 0 Å². The van der Waals surface area contributed by atoms with Crippen molar-refractivity contribution in [2.75, 3.05) is 0 Å². The minimum absolute atomic E-state index is 0.257. The Hall–Kier alpha value is -0.590. The van der Waals surface area contributed by atoms with Crippen molar-refractivity contribution in [2.24, 2.45) is 34.0 Å². The molecule has 0 radical (unpaired) electrons. The maximum absolute atomic E-state index is 13.1. The Labute approximate surface area is 129 Å². The Bertz CT molecular complexity index is 516. The van der Waals surface area contributed by atoms with Crippen LogP contribution in [0.4, 0.5) is 0 Å². The van der Waals surface area contributed by atoms with Crippen LogP contribution in [0.2, 0.25) is 0 Å². The van der Waals surface area contributed by atoms with Crippen molar-refractivity contribution in [3.05, 3.63) is 12.2 Å². The van der Waals surface area contributed by atoms with Gasteiger partial charge < -0.3 is 0 Å². The van der Waals surface area contributed by atoms with Crippen LogP contribution in [0.25, 0.3) is 0 Å². The van der Waals surface area contributed by atoms with Crippen LogP contribution in [-0.4, -0.2) is 5.78 Å². The van der Waals surface area contributed by atoms with Gasteiger partial charge in [0, 0.05) is 12.3 Å². The first-order valence-corrected chi connectivity index (χ1v) is 8.99. The zero-order valence-corrected chi connectivity index (χ0v) is 14.0. The molecular weight excluding hydrogens is 256 g/mol. The molecule has 4 aliphatic carbocycles. The van der Waals surface area contributed by atoms with E-state index in [2.05, 4.69) is 27.4 Å².